The fourth-order valence-corrected chi connectivity index (χ4v) is 2.07. The van der Waals surface area contributed by atoms with E-state index in [1.807, 2.05) is 61.5 Å². The van der Waals surface area contributed by atoms with E-state index < -0.39 is 0 Å². The normalized spacial score (nSPS) is 10.6. The van der Waals surface area contributed by atoms with Crippen molar-refractivity contribution in [3.8, 4) is 0 Å². The Kier molecular flexibility index (Phi) is 2.84. The molecule has 2 aromatic carbocycles. The Bertz CT molecular complexity index is 745. The molecular weight excluding hydrogens is 234 g/mol. The smallest absolute Gasteiger partial charge is 0.194 e. The Hall–Kier alpha value is -2.48. The third-order valence-electron chi connectivity index (χ3n) is 3.17. The van der Waals surface area contributed by atoms with Crippen LogP contribution in [0.1, 0.15) is 21.5 Å². The van der Waals surface area contributed by atoms with Gasteiger partial charge in [-0.25, -0.2) is 0 Å². The van der Waals surface area contributed by atoms with E-state index in [9.17, 15) is 4.79 Å². The standard InChI is InChI=1S/C17H13NO/c1-12-6-8-13(9-7-12)17(19)15-10-14-4-2-3-5-16(14)18-11-15/h2-11H,1H3. The average molecular weight is 247 g/mol. The number of aryl methyl sites for hydroxylation is 1. The van der Waals surface area contributed by atoms with E-state index in [-0.39, 0.29) is 5.78 Å². The summed E-state index contributed by atoms with van der Waals surface area (Å²) in [6, 6.07) is 17.3. The van der Waals surface area contributed by atoms with Crippen LogP contribution in [0.4, 0.5) is 0 Å². The number of aromatic nitrogens is 1. The maximum atomic E-state index is 12.4. The molecule has 0 saturated carbocycles. The maximum absolute atomic E-state index is 12.4. The van der Waals surface area contributed by atoms with Gasteiger partial charge < -0.3 is 0 Å². The lowest BCUT2D eigenvalue weighted by Gasteiger charge is -2.03. The first-order valence-corrected chi connectivity index (χ1v) is 6.20. The van der Waals surface area contributed by atoms with E-state index in [0.29, 0.717) is 11.1 Å². The summed E-state index contributed by atoms with van der Waals surface area (Å²) in [7, 11) is 0. The van der Waals surface area contributed by atoms with Crippen LogP contribution >= 0.6 is 0 Å². The van der Waals surface area contributed by atoms with Gasteiger partial charge in [-0.2, -0.15) is 0 Å². The van der Waals surface area contributed by atoms with Crippen molar-refractivity contribution in [2.24, 2.45) is 0 Å². The lowest BCUT2D eigenvalue weighted by molar-refractivity contribution is 0.103. The summed E-state index contributed by atoms with van der Waals surface area (Å²) < 4.78 is 0. The fraction of sp³-hybridized carbons (Fsp3) is 0.0588. The molecule has 2 nitrogen and oxygen atoms in total. The van der Waals surface area contributed by atoms with Gasteiger partial charge in [-0.05, 0) is 19.1 Å². The summed E-state index contributed by atoms with van der Waals surface area (Å²) in [6.45, 7) is 2.01. The number of hydrogen-bond donors (Lipinski definition) is 0. The minimum Gasteiger partial charge on any atom is -0.289 e. The fourth-order valence-electron chi connectivity index (χ4n) is 2.07. The molecule has 0 radical (unpaired) electrons. The number of fused-ring (bicyclic) bond motifs is 1. The lowest BCUT2D eigenvalue weighted by atomic mass is 10.0. The van der Waals surface area contributed by atoms with Gasteiger partial charge in [0, 0.05) is 22.7 Å². The Labute approximate surface area is 111 Å². The van der Waals surface area contributed by atoms with Crippen molar-refractivity contribution in [3.05, 3.63) is 77.5 Å². The highest BCUT2D eigenvalue weighted by Crippen LogP contribution is 2.16. The minimum absolute atomic E-state index is 0.0123. The molecule has 1 aromatic heterocycles. The highest BCUT2D eigenvalue weighted by molar-refractivity contribution is 6.10. The van der Waals surface area contributed by atoms with Crippen molar-refractivity contribution in [2.75, 3.05) is 0 Å². The van der Waals surface area contributed by atoms with Gasteiger partial charge in [-0.15, -0.1) is 0 Å². The summed E-state index contributed by atoms with van der Waals surface area (Å²) >= 11 is 0. The largest absolute Gasteiger partial charge is 0.289 e. The van der Waals surface area contributed by atoms with Crippen LogP contribution < -0.4 is 0 Å². The molecule has 0 saturated heterocycles. The van der Waals surface area contributed by atoms with Crippen LogP contribution in [0.15, 0.2) is 60.8 Å². The molecule has 2 heteroatoms. The van der Waals surface area contributed by atoms with Crippen LogP contribution in [0.25, 0.3) is 10.9 Å². The van der Waals surface area contributed by atoms with Crippen LogP contribution in [0, 0.1) is 6.92 Å². The van der Waals surface area contributed by atoms with Crippen LogP contribution in [0.2, 0.25) is 0 Å². The van der Waals surface area contributed by atoms with E-state index in [4.69, 9.17) is 0 Å². The molecule has 3 aromatic rings. The topological polar surface area (TPSA) is 30.0 Å². The van der Waals surface area contributed by atoms with Crippen molar-refractivity contribution in [1.29, 1.82) is 0 Å². The highest BCUT2D eigenvalue weighted by Gasteiger charge is 2.09. The predicted molar refractivity (Wildman–Crippen MR) is 76.4 cm³/mol. The number of nitrogens with zero attached hydrogens (tertiary/aromatic N) is 1. The number of para-hydroxylation sites is 1. The van der Waals surface area contributed by atoms with Gasteiger partial charge >= 0.3 is 0 Å². The SMILES string of the molecule is Cc1ccc(C(=O)c2cnc3ccccc3c2)cc1. The number of pyridine rings is 1. The summed E-state index contributed by atoms with van der Waals surface area (Å²) in [6.07, 6.45) is 1.64. The number of benzene rings is 2. The van der Waals surface area contributed by atoms with Gasteiger partial charge in [0.1, 0.15) is 0 Å². The molecule has 19 heavy (non-hydrogen) atoms. The Morgan fingerprint density at radius 1 is 0.947 bits per heavy atom. The second-order valence-electron chi connectivity index (χ2n) is 4.61. The number of rotatable bonds is 2. The molecule has 0 spiro atoms. The van der Waals surface area contributed by atoms with Crippen LogP contribution in [-0.4, -0.2) is 10.8 Å². The summed E-state index contributed by atoms with van der Waals surface area (Å²) in [4.78, 5) is 16.7. The van der Waals surface area contributed by atoms with E-state index >= 15 is 0 Å². The van der Waals surface area contributed by atoms with E-state index in [1.165, 1.54) is 0 Å². The first-order valence-electron chi connectivity index (χ1n) is 6.20. The van der Waals surface area contributed by atoms with E-state index in [0.717, 1.165) is 16.5 Å². The first-order chi connectivity index (χ1) is 9.24. The number of carbonyl (C=O) groups excluding carboxylic acids is 1. The summed E-state index contributed by atoms with van der Waals surface area (Å²) in [5, 5.41) is 0.987. The lowest BCUT2D eigenvalue weighted by Crippen LogP contribution is -2.01. The summed E-state index contributed by atoms with van der Waals surface area (Å²) in [5.41, 5.74) is 3.38. The molecule has 0 aliphatic heterocycles. The molecule has 0 unspecified atom stereocenters. The zero-order chi connectivity index (χ0) is 13.2. The molecule has 0 aliphatic carbocycles. The third-order valence-corrected chi connectivity index (χ3v) is 3.17. The molecule has 92 valence electrons. The maximum Gasteiger partial charge on any atom is 0.194 e. The number of carbonyl (C=O) groups is 1. The van der Waals surface area contributed by atoms with Crippen molar-refractivity contribution >= 4 is 16.7 Å². The second-order valence-corrected chi connectivity index (χ2v) is 4.61. The Morgan fingerprint density at radius 2 is 1.68 bits per heavy atom. The van der Waals surface area contributed by atoms with E-state index in [2.05, 4.69) is 4.98 Å². The van der Waals surface area contributed by atoms with Crippen molar-refractivity contribution in [3.63, 3.8) is 0 Å². The Morgan fingerprint density at radius 3 is 2.47 bits per heavy atom. The third kappa shape index (κ3) is 2.25. The van der Waals surface area contributed by atoms with E-state index in [1.54, 1.807) is 6.20 Å². The molecule has 0 fully saturated rings. The molecule has 1 heterocycles. The quantitative estimate of drug-likeness (QED) is 0.645. The highest BCUT2D eigenvalue weighted by atomic mass is 16.1. The zero-order valence-corrected chi connectivity index (χ0v) is 10.6. The summed E-state index contributed by atoms with van der Waals surface area (Å²) in [5.74, 6) is 0.0123. The van der Waals surface area contributed by atoms with Gasteiger partial charge in [0.15, 0.2) is 5.78 Å². The number of hydrogen-bond acceptors (Lipinski definition) is 2. The first kappa shape index (κ1) is 11.6. The molecule has 0 N–H and O–H groups in total. The van der Waals surface area contributed by atoms with Crippen molar-refractivity contribution in [1.82, 2.24) is 4.98 Å². The van der Waals surface area contributed by atoms with Gasteiger partial charge in [0.2, 0.25) is 0 Å². The molecule has 0 aliphatic rings. The minimum atomic E-state index is 0.0123. The Balaban J connectivity index is 2.04. The zero-order valence-electron chi connectivity index (χ0n) is 10.6. The van der Waals surface area contributed by atoms with Gasteiger partial charge in [0.25, 0.3) is 0 Å². The van der Waals surface area contributed by atoms with Gasteiger partial charge in [0.05, 0.1) is 5.52 Å². The van der Waals surface area contributed by atoms with Crippen molar-refractivity contribution < 1.29 is 4.79 Å². The molecule has 3 rings (SSSR count). The molecular formula is C17H13NO. The second kappa shape index (κ2) is 4.65. The molecule has 0 bridgehead atoms. The van der Waals surface area contributed by atoms with Crippen LogP contribution in [-0.2, 0) is 0 Å². The average Bonchev–Trinajstić information content (AvgIpc) is 2.47. The van der Waals surface area contributed by atoms with Gasteiger partial charge in [-0.3, -0.25) is 9.78 Å². The van der Waals surface area contributed by atoms with Crippen molar-refractivity contribution in [2.45, 2.75) is 6.92 Å². The predicted octanol–water partition coefficient (Wildman–Crippen LogP) is 3.77. The monoisotopic (exact) mass is 247 g/mol. The molecule has 0 amide bonds. The molecule has 0 atom stereocenters. The number of ketones is 1. The van der Waals surface area contributed by atoms with Gasteiger partial charge in [-0.1, -0.05) is 48.0 Å². The van der Waals surface area contributed by atoms with Crippen LogP contribution in [0.5, 0.6) is 0 Å². The van der Waals surface area contributed by atoms with Crippen LogP contribution in [0.3, 0.4) is 0 Å².